The van der Waals surface area contributed by atoms with Crippen LogP contribution in [0.4, 0.5) is 0 Å². The van der Waals surface area contributed by atoms with Crippen molar-refractivity contribution in [2.75, 3.05) is 0 Å². The van der Waals surface area contributed by atoms with Crippen molar-refractivity contribution in [3.63, 3.8) is 0 Å². The quantitative estimate of drug-likeness (QED) is 0.792. The molecule has 20 heavy (non-hydrogen) atoms. The number of aryl methyl sites for hydroxylation is 1. The Morgan fingerprint density at radius 1 is 1.30 bits per heavy atom. The third-order valence-electron chi connectivity index (χ3n) is 3.36. The summed E-state index contributed by atoms with van der Waals surface area (Å²) in [4.78, 5) is 15.1. The van der Waals surface area contributed by atoms with E-state index >= 15 is 0 Å². The lowest BCUT2D eigenvalue weighted by Crippen LogP contribution is -2.08. The number of hydrogen-bond acceptors (Lipinski definition) is 2. The van der Waals surface area contributed by atoms with Crippen LogP contribution in [0, 0.1) is 6.92 Å². The maximum absolute atomic E-state index is 11.2. The topological polar surface area (TPSA) is 55.1 Å². The summed E-state index contributed by atoms with van der Waals surface area (Å²) in [6.07, 6.45) is 3.48. The minimum Gasteiger partial charge on any atom is -0.477 e. The largest absolute Gasteiger partial charge is 0.477 e. The molecule has 4 heteroatoms. The second-order valence-corrected chi connectivity index (χ2v) is 4.82. The minimum absolute atomic E-state index is 0.113. The van der Waals surface area contributed by atoms with Gasteiger partial charge in [0.1, 0.15) is 0 Å². The normalized spacial score (nSPS) is 10.8. The average Bonchev–Trinajstić information content (AvgIpc) is 2.82. The third-order valence-corrected chi connectivity index (χ3v) is 3.36. The highest BCUT2D eigenvalue weighted by Gasteiger charge is 2.12. The lowest BCUT2D eigenvalue weighted by molar-refractivity contribution is 0.0689. The molecule has 0 bridgehead atoms. The smallest absolute Gasteiger partial charge is 0.354 e. The van der Waals surface area contributed by atoms with E-state index in [2.05, 4.69) is 23.2 Å². The van der Waals surface area contributed by atoms with Crippen LogP contribution in [-0.4, -0.2) is 20.6 Å². The summed E-state index contributed by atoms with van der Waals surface area (Å²) < 4.78 is 2.05. The van der Waals surface area contributed by atoms with Gasteiger partial charge in [-0.2, -0.15) is 0 Å². The summed E-state index contributed by atoms with van der Waals surface area (Å²) in [5, 5.41) is 10.3. The van der Waals surface area contributed by atoms with Gasteiger partial charge in [-0.1, -0.05) is 18.2 Å². The molecule has 1 N–H and O–H groups in total. The Kier molecular flexibility index (Phi) is 2.99. The van der Waals surface area contributed by atoms with Crippen molar-refractivity contribution in [1.29, 1.82) is 0 Å². The molecule has 0 aliphatic carbocycles. The molecule has 1 aromatic carbocycles. The van der Waals surface area contributed by atoms with Gasteiger partial charge in [0.15, 0.2) is 5.69 Å². The van der Waals surface area contributed by atoms with Gasteiger partial charge in [0, 0.05) is 30.0 Å². The molecule has 2 heterocycles. The minimum atomic E-state index is -0.992. The van der Waals surface area contributed by atoms with Gasteiger partial charge in [-0.15, -0.1) is 0 Å². The number of carboxylic acid groups (broad SMARTS) is 1. The molecule has 0 saturated carbocycles. The van der Waals surface area contributed by atoms with Gasteiger partial charge in [0.25, 0.3) is 0 Å². The summed E-state index contributed by atoms with van der Waals surface area (Å²) in [6, 6.07) is 11.8. The molecule has 3 aromatic rings. The summed E-state index contributed by atoms with van der Waals surface area (Å²) >= 11 is 0. The molecule has 0 atom stereocenters. The van der Waals surface area contributed by atoms with Gasteiger partial charge in [-0.05, 0) is 36.1 Å². The number of nitrogens with zero attached hydrogens (tertiary/aromatic N) is 2. The number of fused-ring (bicyclic) bond motifs is 1. The van der Waals surface area contributed by atoms with Crippen molar-refractivity contribution < 1.29 is 9.90 Å². The molecule has 2 aromatic heterocycles. The Bertz CT molecular complexity index is 790. The second kappa shape index (κ2) is 4.81. The Hall–Kier alpha value is -2.62. The van der Waals surface area contributed by atoms with E-state index in [1.54, 1.807) is 12.1 Å². The van der Waals surface area contributed by atoms with Crippen molar-refractivity contribution in [3.8, 4) is 0 Å². The van der Waals surface area contributed by atoms with Gasteiger partial charge in [-0.3, -0.25) is 0 Å². The zero-order valence-electron chi connectivity index (χ0n) is 11.1. The van der Waals surface area contributed by atoms with Crippen LogP contribution in [0.25, 0.3) is 10.9 Å². The zero-order chi connectivity index (χ0) is 14.1. The highest BCUT2D eigenvalue weighted by Crippen LogP contribution is 2.19. The number of benzene rings is 1. The van der Waals surface area contributed by atoms with Gasteiger partial charge in [-0.25, -0.2) is 9.78 Å². The van der Waals surface area contributed by atoms with E-state index in [9.17, 15) is 9.90 Å². The first-order chi connectivity index (χ1) is 9.65. The SMILES string of the molecule is Cc1ccc2ccn(Cc3cccnc3C(=O)O)c2c1. The first-order valence-corrected chi connectivity index (χ1v) is 6.38. The molecule has 0 unspecified atom stereocenters. The Morgan fingerprint density at radius 2 is 2.15 bits per heavy atom. The van der Waals surface area contributed by atoms with Gasteiger partial charge < -0.3 is 9.67 Å². The molecular weight excluding hydrogens is 252 g/mol. The second-order valence-electron chi connectivity index (χ2n) is 4.82. The first-order valence-electron chi connectivity index (χ1n) is 6.38. The molecule has 0 amide bonds. The summed E-state index contributed by atoms with van der Waals surface area (Å²) in [7, 11) is 0. The standard InChI is InChI=1S/C16H14N2O2/c1-11-4-5-12-6-8-18(14(12)9-11)10-13-3-2-7-17-15(13)16(19)20/h2-9H,10H2,1H3,(H,19,20). The fraction of sp³-hybridized carbons (Fsp3) is 0.125. The predicted molar refractivity (Wildman–Crippen MR) is 77.0 cm³/mol. The van der Waals surface area contributed by atoms with E-state index < -0.39 is 5.97 Å². The Balaban J connectivity index is 2.06. The molecule has 0 radical (unpaired) electrons. The van der Waals surface area contributed by atoms with Gasteiger partial charge >= 0.3 is 5.97 Å². The van der Waals surface area contributed by atoms with Crippen molar-refractivity contribution in [3.05, 3.63) is 65.6 Å². The van der Waals surface area contributed by atoms with E-state index in [4.69, 9.17) is 0 Å². The van der Waals surface area contributed by atoms with E-state index in [0.717, 1.165) is 10.9 Å². The Morgan fingerprint density at radius 3 is 2.95 bits per heavy atom. The van der Waals surface area contributed by atoms with Crippen LogP contribution in [-0.2, 0) is 6.54 Å². The van der Waals surface area contributed by atoms with E-state index in [1.165, 1.54) is 11.8 Å². The lowest BCUT2D eigenvalue weighted by atomic mass is 10.1. The van der Waals surface area contributed by atoms with Crippen LogP contribution >= 0.6 is 0 Å². The number of aromatic carboxylic acids is 1. The number of hydrogen-bond donors (Lipinski definition) is 1. The van der Waals surface area contributed by atoms with Crippen LogP contribution in [0.15, 0.2) is 48.8 Å². The fourth-order valence-electron chi connectivity index (χ4n) is 2.37. The molecule has 0 saturated heterocycles. The summed E-state index contributed by atoms with van der Waals surface area (Å²) in [5.74, 6) is -0.992. The molecule has 0 spiro atoms. The van der Waals surface area contributed by atoms with Crippen LogP contribution in [0.3, 0.4) is 0 Å². The Labute approximate surface area is 116 Å². The zero-order valence-corrected chi connectivity index (χ0v) is 11.1. The summed E-state index contributed by atoms with van der Waals surface area (Å²) in [6.45, 7) is 2.55. The highest BCUT2D eigenvalue weighted by atomic mass is 16.4. The van der Waals surface area contributed by atoms with Crippen molar-refractivity contribution in [1.82, 2.24) is 9.55 Å². The fourth-order valence-corrected chi connectivity index (χ4v) is 2.37. The number of carbonyl (C=O) groups is 1. The molecule has 4 nitrogen and oxygen atoms in total. The predicted octanol–water partition coefficient (Wildman–Crippen LogP) is 3.09. The maximum atomic E-state index is 11.2. The monoisotopic (exact) mass is 266 g/mol. The third kappa shape index (κ3) is 2.16. The molecule has 0 fully saturated rings. The van der Waals surface area contributed by atoms with Gasteiger partial charge in [0.05, 0.1) is 0 Å². The molecule has 3 rings (SSSR count). The molecule has 0 aliphatic heterocycles. The van der Waals surface area contributed by atoms with Crippen molar-refractivity contribution in [2.45, 2.75) is 13.5 Å². The maximum Gasteiger partial charge on any atom is 0.354 e. The molecular formula is C16H14N2O2. The number of carboxylic acids is 1. The summed E-state index contributed by atoms with van der Waals surface area (Å²) in [5.41, 5.74) is 3.10. The van der Waals surface area contributed by atoms with E-state index in [1.807, 2.05) is 23.8 Å². The van der Waals surface area contributed by atoms with Crippen LogP contribution < -0.4 is 0 Å². The van der Waals surface area contributed by atoms with Crippen LogP contribution in [0.1, 0.15) is 21.6 Å². The van der Waals surface area contributed by atoms with Crippen LogP contribution in [0.5, 0.6) is 0 Å². The van der Waals surface area contributed by atoms with E-state index in [0.29, 0.717) is 12.1 Å². The number of aromatic nitrogens is 2. The molecule has 0 aliphatic rings. The van der Waals surface area contributed by atoms with Crippen LogP contribution in [0.2, 0.25) is 0 Å². The highest BCUT2D eigenvalue weighted by molar-refractivity contribution is 5.87. The number of rotatable bonds is 3. The first kappa shape index (κ1) is 12.4. The van der Waals surface area contributed by atoms with E-state index in [-0.39, 0.29) is 5.69 Å². The van der Waals surface area contributed by atoms with Crippen molar-refractivity contribution >= 4 is 16.9 Å². The average molecular weight is 266 g/mol. The number of pyridine rings is 1. The van der Waals surface area contributed by atoms with Gasteiger partial charge in [0.2, 0.25) is 0 Å². The van der Waals surface area contributed by atoms with Crippen molar-refractivity contribution in [2.24, 2.45) is 0 Å². The lowest BCUT2D eigenvalue weighted by Gasteiger charge is -2.08. The molecule has 100 valence electrons.